The Hall–Kier alpha value is -2.37. The van der Waals surface area contributed by atoms with Crippen molar-refractivity contribution in [3.63, 3.8) is 0 Å². The fourth-order valence-electron chi connectivity index (χ4n) is 2.13. The third-order valence-corrected chi connectivity index (χ3v) is 3.70. The summed E-state index contributed by atoms with van der Waals surface area (Å²) < 4.78 is 1.64. The highest BCUT2D eigenvalue weighted by Crippen LogP contribution is 2.23. The van der Waals surface area contributed by atoms with E-state index in [4.69, 9.17) is 23.2 Å². The van der Waals surface area contributed by atoms with Gasteiger partial charge in [0, 0.05) is 23.5 Å². The van der Waals surface area contributed by atoms with E-state index >= 15 is 0 Å². The molecule has 1 aromatic carbocycles. The van der Waals surface area contributed by atoms with E-state index < -0.39 is 0 Å². The summed E-state index contributed by atoms with van der Waals surface area (Å²) in [6.45, 7) is 1.85. The van der Waals surface area contributed by atoms with Gasteiger partial charge in [-0.3, -0.25) is 9.78 Å². The zero-order valence-electron chi connectivity index (χ0n) is 12.1. The molecule has 116 valence electrons. The molecule has 0 radical (unpaired) electrons. The van der Waals surface area contributed by atoms with E-state index in [1.54, 1.807) is 47.4 Å². The van der Waals surface area contributed by atoms with Crippen LogP contribution in [0.25, 0.3) is 5.69 Å². The number of pyridine rings is 1. The second-order valence-corrected chi connectivity index (χ2v) is 5.71. The van der Waals surface area contributed by atoms with Gasteiger partial charge in [-0.15, -0.1) is 0 Å². The topological polar surface area (TPSA) is 59.8 Å². The van der Waals surface area contributed by atoms with Crippen LogP contribution in [0, 0.1) is 6.92 Å². The Labute approximate surface area is 142 Å². The number of nitrogens with one attached hydrogen (secondary N) is 1. The van der Waals surface area contributed by atoms with Gasteiger partial charge in [0.2, 0.25) is 0 Å². The quantitative estimate of drug-likeness (QED) is 0.775. The van der Waals surface area contributed by atoms with Crippen molar-refractivity contribution < 1.29 is 4.79 Å². The van der Waals surface area contributed by atoms with Crippen LogP contribution in [0.4, 0.5) is 5.82 Å². The van der Waals surface area contributed by atoms with Crippen LogP contribution in [0.15, 0.2) is 48.8 Å². The second-order valence-electron chi connectivity index (χ2n) is 4.87. The van der Waals surface area contributed by atoms with Crippen molar-refractivity contribution >= 4 is 34.9 Å². The Morgan fingerprint density at radius 1 is 1.13 bits per heavy atom. The Bertz CT molecular complexity index is 862. The highest BCUT2D eigenvalue weighted by molar-refractivity contribution is 6.37. The van der Waals surface area contributed by atoms with Gasteiger partial charge in [0.1, 0.15) is 5.82 Å². The summed E-state index contributed by atoms with van der Waals surface area (Å²) in [5.74, 6) is 0.214. The summed E-state index contributed by atoms with van der Waals surface area (Å²) in [6.07, 6.45) is 3.32. The maximum atomic E-state index is 12.4. The molecule has 0 fully saturated rings. The molecule has 0 aliphatic heterocycles. The number of rotatable bonds is 3. The van der Waals surface area contributed by atoms with E-state index in [1.807, 2.05) is 6.92 Å². The van der Waals surface area contributed by atoms with Crippen LogP contribution in [0.3, 0.4) is 0 Å². The molecule has 3 aromatic rings. The maximum absolute atomic E-state index is 12.4. The average Bonchev–Trinajstić information content (AvgIpc) is 2.88. The molecule has 0 unspecified atom stereocenters. The predicted octanol–water partition coefficient (Wildman–Crippen LogP) is 4.13. The number of aryl methyl sites for hydroxylation is 1. The van der Waals surface area contributed by atoms with Crippen LogP contribution in [0.5, 0.6) is 0 Å². The van der Waals surface area contributed by atoms with Gasteiger partial charge >= 0.3 is 0 Å². The number of carbonyl (C=O) groups is 1. The molecule has 0 aliphatic carbocycles. The number of anilines is 1. The minimum atomic E-state index is -0.332. The van der Waals surface area contributed by atoms with Gasteiger partial charge in [-0.05, 0) is 37.3 Å². The largest absolute Gasteiger partial charge is 0.306 e. The van der Waals surface area contributed by atoms with Crippen molar-refractivity contribution in [2.75, 3.05) is 5.32 Å². The van der Waals surface area contributed by atoms with Crippen LogP contribution >= 0.6 is 23.2 Å². The van der Waals surface area contributed by atoms with Gasteiger partial charge < -0.3 is 5.32 Å². The smallest absolute Gasteiger partial charge is 0.258 e. The Morgan fingerprint density at radius 2 is 1.87 bits per heavy atom. The zero-order valence-corrected chi connectivity index (χ0v) is 13.6. The minimum absolute atomic E-state index is 0.293. The van der Waals surface area contributed by atoms with E-state index in [1.165, 1.54) is 6.07 Å². The van der Waals surface area contributed by atoms with E-state index in [0.717, 1.165) is 11.4 Å². The van der Waals surface area contributed by atoms with Crippen molar-refractivity contribution in [2.24, 2.45) is 0 Å². The Morgan fingerprint density at radius 3 is 2.57 bits per heavy atom. The molecule has 7 heteroatoms. The first kappa shape index (κ1) is 15.5. The predicted molar refractivity (Wildman–Crippen MR) is 90.5 cm³/mol. The molecule has 0 atom stereocenters. The van der Waals surface area contributed by atoms with Gasteiger partial charge in [-0.1, -0.05) is 23.2 Å². The first-order valence-corrected chi connectivity index (χ1v) is 7.53. The lowest BCUT2D eigenvalue weighted by atomic mass is 10.2. The number of amides is 1. The first-order valence-electron chi connectivity index (χ1n) is 6.78. The van der Waals surface area contributed by atoms with Crippen molar-refractivity contribution in [3.05, 3.63) is 70.1 Å². The first-order chi connectivity index (χ1) is 11.0. The molecule has 0 bridgehead atoms. The van der Waals surface area contributed by atoms with Gasteiger partial charge in [0.05, 0.1) is 22.0 Å². The minimum Gasteiger partial charge on any atom is -0.306 e. The normalized spacial score (nSPS) is 10.6. The molecule has 0 saturated heterocycles. The Balaban J connectivity index is 1.93. The van der Waals surface area contributed by atoms with Crippen molar-refractivity contribution in [2.45, 2.75) is 6.92 Å². The molecule has 1 N–H and O–H groups in total. The second kappa shape index (κ2) is 6.40. The third-order valence-electron chi connectivity index (χ3n) is 3.16. The maximum Gasteiger partial charge on any atom is 0.258 e. The summed E-state index contributed by atoms with van der Waals surface area (Å²) in [7, 11) is 0. The van der Waals surface area contributed by atoms with E-state index in [9.17, 15) is 4.79 Å². The summed E-state index contributed by atoms with van der Waals surface area (Å²) >= 11 is 11.9. The van der Waals surface area contributed by atoms with Crippen LogP contribution in [-0.4, -0.2) is 20.7 Å². The number of nitrogens with zero attached hydrogens (tertiary/aromatic N) is 3. The standard InChI is InChI=1S/C16H12Cl2N4O/c1-10-8-15(22(21-10)12-4-6-19-7-5-12)20-16(23)13-3-2-11(17)9-14(13)18/h2-9H,1H3,(H,20,23). The highest BCUT2D eigenvalue weighted by Gasteiger charge is 2.15. The van der Waals surface area contributed by atoms with Crippen LogP contribution in [-0.2, 0) is 0 Å². The fourth-order valence-corrected chi connectivity index (χ4v) is 2.62. The molecule has 0 saturated carbocycles. The summed E-state index contributed by atoms with van der Waals surface area (Å²) in [4.78, 5) is 16.4. The summed E-state index contributed by atoms with van der Waals surface area (Å²) in [5.41, 5.74) is 1.92. The highest BCUT2D eigenvalue weighted by atomic mass is 35.5. The number of carbonyl (C=O) groups excluding carboxylic acids is 1. The lowest BCUT2D eigenvalue weighted by Gasteiger charge is -2.09. The molecular weight excluding hydrogens is 335 g/mol. The third kappa shape index (κ3) is 3.36. The number of aromatic nitrogens is 3. The van der Waals surface area contributed by atoms with Crippen LogP contribution in [0.1, 0.15) is 16.1 Å². The van der Waals surface area contributed by atoms with Gasteiger partial charge in [-0.25, -0.2) is 4.68 Å². The number of benzene rings is 1. The Kier molecular flexibility index (Phi) is 4.32. The number of hydrogen-bond acceptors (Lipinski definition) is 3. The molecule has 0 spiro atoms. The number of halogens is 2. The van der Waals surface area contributed by atoms with Crippen LogP contribution in [0.2, 0.25) is 10.0 Å². The molecule has 1 amide bonds. The lowest BCUT2D eigenvalue weighted by molar-refractivity contribution is 0.102. The molecule has 5 nitrogen and oxygen atoms in total. The van der Waals surface area contributed by atoms with Crippen molar-refractivity contribution in [1.29, 1.82) is 0 Å². The SMILES string of the molecule is Cc1cc(NC(=O)c2ccc(Cl)cc2Cl)n(-c2ccncc2)n1. The van der Waals surface area contributed by atoms with Crippen molar-refractivity contribution in [3.8, 4) is 5.69 Å². The monoisotopic (exact) mass is 346 g/mol. The molecule has 0 aliphatic rings. The molecule has 2 heterocycles. The molecule has 2 aromatic heterocycles. The van der Waals surface area contributed by atoms with Gasteiger partial charge in [0.25, 0.3) is 5.91 Å². The van der Waals surface area contributed by atoms with Gasteiger partial charge in [-0.2, -0.15) is 5.10 Å². The van der Waals surface area contributed by atoms with Crippen molar-refractivity contribution in [1.82, 2.24) is 14.8 Å². The van der Waals surface area contributed by atoms with E-state index in [-0.39, 0.29) is 5.91 Å². The molecule has 3 rings (SSSR count). The van der Waals surface area contributed by atoms with E-state index in [2.05, 4.69) is 15.4 Å². The van der Waals surface area contributed by atoms with Crippen LogP contribution < -0.4 is 5.32 Å². The lowest BCUT2D eigenvalue weighted by Crippen LogP contribution is -2.15. The summed E-state index contributed by atoms with van der Waals surface area (Å²) in [5, 5.41) is 7.97. The number of hydrogen-bond donors (Lipinski definition) is 1. The summed E-state index contributed by atoms with van der Waals surface area (Å²) in [6, 6.07) is 10.1. The zero-order chi connectivity index (χ0) is 16.4. The van der Waals surface area contributed by atoms with Gasteiger partial charge in [0.15, 0.2) is 0 Å². The molecule has 23 heavy (non-hydrogen) atoms. The van der Waals surface area contributed by atoms with E-state index in [0.29, 0.717) is 21.4 Å². The fraction of sp³-hybridized carbons (Fsp3) is 0.0625. The molecular formula is C16H12Cl2N4O. The average molecular weight is 347 g/mol.